The van der Waals surface area contributed by atoms with E-state index >= 15 is 0 Å². The van der Waals surface area contributed by atoms with Crippen molar-refractivity contribution in [3.63, 3.8) is 0 Å². The molecule has 0 saturated heterocycles. The van der Waals surface area contributed by atoms with Gasteiger partial charge < -0.3 is 15.4 Å². The Balaban J connectivity index is 2.21. The third-order valence-electron chi connectivity index (χ3n) is 3.53. The summed E-state index contributed by atoms with van der Waals surface area (Å²) in [6, 6.07) is 12.7. The van der Waals surface area contributed by atoms with Crippen LogP contribution in [-0.2, 0) is 6.42 Å². The van der Waals surface area contributed by atoms with Crippen molar-refractivity contribution in [1.29, 1.82) is 0 Å². The second kappa shape index (κ2) is 6.77. The van der Waals surface area contributed by atoms with E-state index in [2.05, 4.69) is 43.1 Å². The minimum atomic E-state index is 0.216. The topological polar surface area (TPSA) is 38.5 Å². The molecular weight excluding hydrogens is 268 g/mol. The standard InChI is InChI=1S/C16H22N2OS/c1-4-14-9-10-16(20-14)15(11-17)18(2)12-5-7-13(19-3)8-6-12/h5-10,15H,4,11,17H2,1-3H3. The molecule has 0 fully saturated rings. The van der Waals surface area contributed by atoms with Gasteiger partial charge in [-0.1, -0.05) is 6.92 Å². The van der Waals surface area contributed by atoms with E-state index in [9.17, 15) is 0 Å². The second-order valence-electron chi connectivity index (χ2n) is 4.72. The van der Waals surface area contributed by atoms with Crippen LogP contribution in [0.4, 0.5) is 5.69 Å². The van der Waals surface area contributed by atoms with Crippen LogP contribution >= 0.6 is 11.3 Å². The van der Waals surface area contributed by atoms with Gasteiger partial charge in [-0.05, 0) is 42.8 Å². The summed E-state index contributed by atoms with van der Waals surface area (Å²) >= 11 is 1.85. The van der Waals surface area contributed by atoms with E-state index in [-0.39, 0.29) is 6.04 Å². The lowest BCUT2D eigenvalue weighted by Crippen LogP contribution is -2.29. The zero-order valence-electron chi connectivity index (χ0n) is 12.3. The Hall–Kier alpha value is -1.52. The van der Waals surface area contributed by atoms with E-state index in [1.165, 1.54) is 9.75 Å². The van der Waals surface area contributed by atoms with Crippen molar-refractivity contribution in [1.82, 2.24) is 0 Å². The molecule has 1 aromatic heterocycles. The zero-order chi connectivity index (χ0) is 14.5. The molecular formula is C16H22N2OS. The maximum absolute atomic E-state index is 5.99. The van der Waals surface area contributed by atoms with Crippen molar-refractivity contribution in [3.8, 4) is 5.75 Å². The molecule has 0 aliphatic rings. The molecule has 0 amide bonds. The van der Waals surface area contributed by atoms with Crippen LogP contribution in [0.15, 0.2) is 36.4 Å². The first-order chi connectivity index (χ1) is 9.69. The average molecular weight is 290 g/mol. The molecule has 108 valence electrons. The molecule has 20 heavy (non-hydrogen) atoms. The first-order valence-electron chi connectivity index (χ1n) is 6.85. The predicted molar refractivity (Wildman–Crippen MR) is 86.9 cm³/mol. The first-order valence-corrected chi connectivity index (χ1v) is 7.66. The van der Waals surface area contributed by atoms with Gasteiger partial charge in [0, 0.05) is 29.0 Å². The number of hydrogen-bond acceptors (Lipinski definition) is 4. The number of benzene rings is 1. The molecule has 0 spiro atoms. The van der Waals surface area contributed by atoms with Crippen LogP contribution < -0.4 is 15.4 Å². The first kappa shape index (κ1) is 14.9. The summed E-state index contributed by atoms with van der Waals surface area (Å²) in [5.74, 6) is 0.871. The minimum Gasteiger partial charge on any atom is -0.497 e. The average Bonchev–Trinajstić information content (AvgIpc) is 2.96. The molecule has 2 rings (SSSR count). The summed E-state index contributed by atoms with van der Waals surface area (Å²) in [7, 11) is 3.77. The van der Waals surface area contributed by atoms with Crippen LogP contribution in [0, 0.1) is 0 Å². The number of rotatable bonds is 6. The number of nitrogens with two attached hydrogens (primary N) is 1. The number of hydrogen-bond donors (Lipinski definition) is 1. The van der Waals surface area contributed by atoms with Crippen molar-refractivity contribution in [3.05, 3.63) is 46.2 Å². The zero-order valence-corrected chi connectivity index (χ0v) is 13.1. The summed E-state index contributed by atoms with van der Waals surface area (Å²) in [6.45, 7) is 2.78. The number of methoxy groups -OCH3 is 1. The van der Waals surface area contributed by atoms with Gasteiger partial charge in [-0.15, -0.1) is 11.3 Å². The lowest BCUT2D eigenvalue weighted by molar-refractivity contribution is 0.415. The highest BCUT2D eigenvalue weighted by atomic mass is 32.1. The lowest BCUT2D eigenvalue weighted by Gasteiger charge is -2.28. The van der Waals surface area contributed by atoms with E-state index in [0.717, 1.165) is 17.9 Å². The Labute approximate surface area is 125 Å². The highest BCUT2D eigenvalue weighted by Crippen LogP contribution is 2.30. The lowest BCUT2D eigenvalue weighted by atomic mass is 10.2. The quantitative estimate of drug-likeness (QED) is 0.885. The second-order valence-corrected chi connectivity index (χ2v) is 5.92. The summed E-state index contributed by atoms with van der Waals surface area (Å²) in [5, 5.41) is 0. The molecule has 4 heteroatoms. The Morgan fingerprint density at radius 3 is 2.40 bits per heavy atom. The van der Waals surface area contributed by atoms with Crippen LogP contribution in [0.3, 0.4) is 0 Å². The van der Waals surface area contributed by atoms with E-state index in [1.807, 2.05) is 23.5 Å². The molecule has 0 radical (unpaired) electrons. The molecule has 2 N–H and O–H groups in total. The van der Waals surface area contributed by atoms with Crippen LogP contribution in [0.1, 0.15) is 22.7 Å². The molecule has 3 nitrogen and oxygen atoms in total. The monoisotopic (exact) mass is 290 g/mol. The minimum absolute atomic E-state index is 0.216. The number of aryl methyl sites for hydroxylation is 1. The highest BCUT2D eigenvalue weighted by Gasteiger charge is 2.17. The molecule has 0 aliphatic carbocycles. The van der Waals surface area contributed by atoms with Gasteiger partial charge in [0.2, 0.25) is 0 Å². The molecule has 1 unspecified atom stereocenters. The summed E-state index contributed by atoms with van der Waals surface area (Å²) < 4.78 is 5.20. The van der Waals surface area contributed by atoms with Crippen molar-refractivity contribution in [2.24, 2.45) is 5.73 Å². The Kier molecular flexibility index (Phi) is 5.04. The van der Waals surface area contributed by atoms with E-state index in [0.29, 0.717) is 6.54 Å². The fourth-order valence-corrected chi connectivity index (χ4v) is 3.34. The smallest absolute Gasteiger partial charge is 0.119 e. The van der Waals surface area contributed by atoms with Crippen LogP contribution in [0.2, 0.25) is 0 Å². The summed E-state index contributed by atoms with van der Waals surface area (Å²) in [6.07, 6.45) is 1.08. The van der Waals surface area contributed by atoms with Crippen molar-refractivity contribution in [2.45, 2.75) is 19.4 Å². The van der Waals surface area contributed by atoms with E-state index in [1.54, 1.807) is 7.11 Å². The molecule has 2 aromatic rings. The maximum Gasteiger partial charge on any atom is 0.119 e. The van der Waals surface area contributed by atoms with E-state index in [4.69, 9.17) is 10.5 Å². The van der Waals surface area contributed by atoms with Gasteiger partial charge in [-0.2, -0.15) is 0 Å². The molecule has 1 aromatic carbocycles. The molecule has 0 saturated carbocycles. The van der Waals surface area contributed by atoms with Crippen LogP contribution in [0.25, 0.3) is 0 Å². The SMILES string of the molecule is CCc1ccc(C(CN)N(C)c2ccc(OC)cc2)s1. The van der Waals surface area contributed by atoms with Crippen molar-refractivity contribution in [2.75, 3.05) is 25.6 Å². The molecule has 1 atom stereocenters. The third kappa shape index (κ3) is 3.14. The van der Waals surface area contributed by atoms with Crippen LogP contribution in [-0.4, -0.2) is 20.7 Å². The predicted octanol–water partition coefficient (Wildman–Crippen LogP) is 3.46. The van der Waals surface area contributed by atoms with Crippen molar-refractivity contribution >= 4 is 17.0 Å². The molecule has 0 aliphatic heterocycles. The van der Waals surface area contributed by atoms with Crippen molar-refractivity contribution < 1.29 is 4.74 Å². The van der Waals surface area contributed by atoms with Crippen LogP contribution in [0.5, 0.6) is 5.75 Å². The largest absolute Gasteiger partial charge is 0.497 e. The third-order valence-corrected chi connectivity index (χ3v) is 4.86. The van der Waals surface area contributed by atoms with Gasteiger partial charge in [0.05, 0.1) is 13.2 Å². The van der Waals surface area contributed by atoms with E-state index < -0.39 is 0 Å². The highest BCUT2D eigenvalue weighted by molar-refractivity contribution is 7.12. The van der Waals surface area contributed by atoms with Gasteiger partial charge in [-0.3, -0.25) is 0 Å². The number of anilines is 1. The maximum atomic E-state index is 5.99. The fourth-order valence-electron chi connectivity index (χ4n) is 2.23. The molecule has 0 bridgehead atoms. The molecule has 1 heterocycles. The summed E-state index contributed by atoms with van der Waals surface area (Å²) in [5.41, 5.74) is 7.14. The normalized spacial score (nSPS) is 12.2. The Bertz CT molecular complexity index is 536. The van der Waals surface area contributed by atoms with Gasteiger partial charge in [0.25, 0.3) is 0 Å². The summed E-state index contributed by atoms with van der Waals surface area (Å²) in [4.78, 5) is 4.95. The van der Waals surface area contributed by atoms with Gasteiger partial charge in [-0.25, -0.2) is 0 Å². The number of ether oxygens (including phenoxy) is 1. The number of nitrogens with zero attached hydrogens (tertiary/aromatic N) is 1. The number of thiophene rings is 1. The fraction of sp³-hybridized carbons (Fsp3) is 0.375. The van der Waals surface area contributed by atoms with Gasteiger partial charge >= 0.3 is 0 Å². The van der Waals surface area contributed by atoms with Gasteiger partial charge in [0.15, 0.2) is 0 Å². The Morgan fingerprint density at radius 2 is 1.90 bits per heavy atom. The Morgan fingerprint density at radius 1 is 1.20 bits per heavy atom. The van der Waals surface area contributed by atoms with Gasteiger partial charge in [0.1, 0.15) is 5.75 Å². The number of likely N-dealkylation sites (N-methyl/N-ethyl adjacent to an activating group) is 1.